The first-order valence-electron chi connectivity index (χ1n) is 10.4. The third-order valence-electron chi connectivity index (χ3n) is 5.95. The molecule has 0 saturated carbocycles. The van der Waals surface area contributed by atoms with E-state index in [1.807, 2.05) is 0 Å². The van der Waals surface area contributed by atoms with Gasteiger partial charge in [-0.2, -0.15) is 0 Å². The lowest BCUT2D eigenvalue weighted by Crippen LogP contribution is -2.29. The van der Waals surface area contributed by atoms with Gasteiger partial charge in [-0.05, 0) is 59.7 Å². The number of hydrogen-bond donors (Lipinski definition) is 0. The Kier molecular flexibility index (Phi) is 4.21. The Balaban J connectivity index is 1.38. The second-order valence-electron chi connectivity index (χ2n) is 7.82. The summed E-state index contributed by atoms with van der Waals surface area (Å²) in [6, 6.07) is 16.3. The fourth-order valence-corrected chi connectivity index (χ4v) is 4.30. The van der Waals surface area contributed by atoms with E-state index in [1.54, 1.807) is 60.7 Å². The summed E-state index contributed by atoms with van der Waals surface area (Å²) in [5, 5.41) is 0. The van der Waals surface area contributed by atoms with E-state index in [0.29, 0.717) is 33.6 Å². The molecular weight excluding hydrogens is 432 g/mol. The number of imide groups is 2. The molecule has 2 aliphatic rings. The van der Waals surface area contributed by atoms with Gasteiger partial charge < -0.3 is 0 Å². The molecule has 2 aliphatic heterocycles. The standard InChI is InChI=1S/C26H14N4O4/c31-23-19-3-1-15(13-21(19)25(33)29(23)17-5-9-27-10-6-17)16-2-4-20-22(14-16)26(34)30(24(20)32)18-7-11-28-12-8-18/h1-14H. The number of benzene rings is 2. The minimum Gasteiger partial charge on any atom is -0.268 e. The molecule has 0 fully saturated rings. The summed E-state index contributed by atoms with van der Waals surface area (Å²) in [7, 11) is 0. The lowest BCUT2D eigenvalue weighted by Gasteiger charge is -2.12. The van der Waals surface area contributed by atoms with E-state index in [2.05, 4.69) is 9.97 Å². The Hall–Kier alpha value is -4.98. The topological polar surface area (TPSA) is 101 Å². The average molecular weight is 446 g/mol. The largest absolute Gasteiger partial charge is 0.268 e. The summed E-state index contributed by atoms with van der Waals surface area (Å²) in [4.78, 5) is 61.9. The molecule has 4 aromatic rings. The van der Waals surface area contributed by atoms with Crippen molar-refractivity contribution in [3.63, 3.8) is 0 Å². The molecular formula is C26H14N4O4. The van der Waals surface area contributed by atoms with Gasteiger partial charge in [-0.1, -0.05) is 12.1 Å². The van der Waals surface area contributed by atoms with Crippen LogP contribution in [0.5, 0.6) is 0 Å². The zero-order valence-electron chi connectivity index (χ0n) is 17.5. The maximum absolute atomic E-state index is 13.0. The minimum atomic E-state index is -0.427. The van der Waals surface area contributed by atoms with Gasteiger partial charge in [0.25, 0.3) is 23.6 Å². The van der Waals surface area contributed by atoms with E-state index in [1.165, 1.54) is 24.8 Å². The van der Waals surface area contributed by atoms with Gasteiger partial charge in [0.1, 0.15) is 0 Å². The molecule has 6 rings (SSSR count). The number of amides is 4. The highest BCUT2D eigenvalue weighted by Crippen LogP contribution is 2.34. The molecule has 8 nitrogen and oxygen atoms in total. The number of fused-ring (bicyclic) bond motifs is 2. The van der Waals surface area contributed by atoms with Gasteiger partial charge in [-0.3, -0.25) is 29.1 Å². The first kappa shape index (κ1) is 19.7. The summed E-state index contributed by atoms with van der Waals surface area (Å²) in [5.74, 6) is -1.66. The molecule has 0 radical (unpaired) electrons. The number of nitrogens with zero attached hydrogens (tertiary/aromatic N) is 4. The lowest BCUT2D eigenvalue weighted by molar-refractivity contribution is 0.0910. The van der Waals surface area contributed by atoms with Crippen molar-refractivity contribution in [2.45, 2.75) is 0 Å². The fraction of sp³-hybridized carbons (Fsp3) is 0. The molecule has 0 N–H and O–H groups in total. The zero-order valence-corrected chi connectivity index (χ0v) is 17.5. The molecule has 0 aliphatic carbocycles. The Morgan fingerprint density at radius 2 is 0.794 bits per heavy atom. The number of aromatic nitrogens is 2. The van der Waals surface area contributed by atoms with Crippen molar-refractivity contribution >= 4 is 35.0 Å². The van der Waals surface area contributed by atoms with Crippen molar-refractivity contribution in [1.82, 2.24) is 9.97 Å². The van der Waals surface area contributed by atoms with Crippen molar-refractivity contribution < 1.29 is 19.2 Å². The van der Waals surface area contributed by atoms with Crippen LogP contribution in [0.2, 0.25) is 0 Å². The summed E-state index contributed by atoms with van der Waals surface area (Å²) in [6.45, 7) is 0. The first-order chi connectivity index (χ1) is 16.5. The van der Waals surface area contributed by atoms with Crippen LogP contribution in [0.15, 0.2) is 85.5 Å². The number of pyridine rings is 2. The van der Waals surface area contributed by atoms with Crippen molar-refractivity contribution in [2.24, 2.45) is 0 Å². The molecule has 8 heteroatoms. The van der Waals surface area contributed by atoms with Crippen LogP contribution in [-0.2, 0) is 0 Å². The second kappa shape index (κ2) is 7.28. The van der Waals surface area contributed by atoms with E-state index in [-0.39, 0.29) is 11.1 Å². The highest BCUT2D eigenvalue weighted by atomic mass is 16.2. The van der Waals surface area contributed by atoms with Crippen LogP contribution in [0.1, 0.15) is 41.4 Å². The monoisotopic (exact) mass is 446 g/mol. The number of rotatable bonds is 3. The van der Waals surface area contributed by atoms with Crippen LogP contribution in [0.3, 0.4) is 0 Å². The quantitative estimate of drug-likeness (QED) is 0.445. The van der Waals surface area contributed by atoms with Crippen LogP contribution < -0.4 is 9.80 Å². The Morgan fingerprint density at radius 1 is 0.441 bits per heavy atom. The van der Waals surface area contributed by atoms with E-state index in [9.17, 15) is 19.2 Å². The van der Waals surface area contributed by atoms with E-state index < -0.39 is 23.6 Å². The summed E-state index contributed by atoms with van der Waals surface area (Å²) >= 11 is 0. The molecule has 0 atom stereocenters. The maximum Gasteiger partial charge on any atom is 0.266 e. The number of anilines is 2. The van der Waals surface area contributed by atoms with E-state index >= 15 is 0 Å². The molecule has 4 heterocycles. The molecule has 4 amide bonds. The van der Waals surface area contributed by atoms with Crippen LogP contribution in [0.4, 0.5) is 11.4 Å². The molecule has 34 heavy (non-hydrogen) atoms. The summed E-state index contributed by atoms with van der Waals surface area (Å²) < 4.78 is 0. The zero-order chi connectivity index (χ0) is 23.4. The molecule has 2 aromatic heterocycles. The van der Waals surface area contributed by atoms with Crippen molar-refractivity contribution in [3.8, 4) is 11.1 Å². The van der Waals surface area contributed by atoms with Crippen molar-refractivity contribution in [3.05, 3.63) is 108 Å². The predicted octanol–water partition coefficient (Wildman–Crippen LogP) is 3.74. The molecule has 0 unspecified atom stereocenters. The number of carbonyl (C=O) groups is 4. The van der Waals surface area contributed by atoms with Crippen LogP contribution in [0, 0.1) is 0 Å². The van der Waals surface area contributed by atoms with Gasteiger partial charge in [0.2, 0.25) is 0 Å². The smallest absolute Gasteiger partial charge is 0.266 e. The van der Waals surface area contributed by atoms with Crippen LogP contribution in [-0.4, -0.2) is 33.6 Å². The van der Waals surface area contributed by atoms with Gasteiger partial charge in [0.05, 0.1) is 33.6 Å². The van der Waals surface area contributed by atoms with Crippen LogP contribution in [0.25, 0.3) is 11.1 Å². The second-order valence-corrected chi connectivity index (χ2v) is 7.82. The van der Waals surface area contributed by atoms with Gasteiger partial charge >= 0.3 is 0 Å². The van der Waals surface area contributed by atoms with Crippen molar-refractivity contribution in [1.29, 1.82) is 0 Å². The normalized spacial score (nSPS) is 14.6. The van der Waals surface area contributed by atoms with E-state index in [0.717, 1.165) is 9.80 Å². The molecule has 0 saturated heterocycles. The number of carbonyl (C=O) groups excluding carboxylic acids is 4. The van der Waals surface area contributed by atoms with Crippen LogP contribution >= 0.6 is 0 Å². The first-order valence-corrected chi connectivity index (χ1v) is 10.4. The Bertz CT molecular complexity index is 1420. The molecule has 0 bridgehead atoms. The van der Waals surface area contributed by atoms with Gasteiger partial charge in [0, 0.05) is 24.8 Å². The minimum absolute atomic E-state index is 0.278. The highest BCUT2D eigenvalue weighted by Gasteiger charge is 2.38. The Labute approximate surface area is 193 Å². The third-order valence-corrected chi connectivity index (χ3v) is 5.95. The lowest BCUT2D eigenvalue weighted by atomic mass is 9.97. The SMILES string of the molecule is O=C1c2ccc(-c3ccc4c(c3)C(=O)N(c3ccncc3)C4=O)cc2C(=O)N1c1ccncc1. The fourth-order valence-electron chi connectivity index (χ4n) is 4.30. The molecule has 0 spiro atoms. The highest BCUT2D eigenvalue weighted by molar-refractivity contribution is 6.35. The summed E-state index contributed by atoms with van der Waals surface area (Å²) in [6.07, 6.45) is 6.07. The maximum atomic E-state index is 13.0. The third kappa shape index (κ3) is 2.79. The molecule has 2 aromatic carbocycles. The van der Waals surface area contributed by atoms with Crippen molar-refractivity contribution in [2.75, 3.05) is 9.80 Å². The number of hydrogen-bond acceptors (Lipinski definition) is 6. The van der Waals surface area contributed by atoms with Gasteiger partial charge in [-0.15, -0.1) is 0 Å². The van der Waals surface area contributed by atoms with E-state index in [4.69, 9.17) is 0 Å². The predicted molar refractivity (Wildman–Crippen MR) is 123 cm³/mol. The molecule has 162 valence electrons. The van der Waals surface area contributed by atoms with Gasteiger partial charge in [0.15, 0.2) is 0 Å². The van der Waals surface area contributed by atoms with Gasteiger partial charge in [-0.25, -0.2) is 9.80 Å². The average Bonchev–Trinajstić information content (AvgIpc) is 3.28. The summed E-state index contributed by atoms with van der Waals surface area (Å²) in [5.41, 5.74) is 3.37. The Morgan fingerprint density at radius 3 is 1.18 bits per heavy atom.